The highest BCUT2D eigenvalue weighted by atomic mass is 16.3. The van der Waals surface area contributed by atoms with Crippen LogP contribution in [0.1, 0.15) is 0 Å². The third-order valence-electron chi connectivity index (χ3n) is 15.4. The van der Waals surface area contributed by atoms with Gasteiger partial charge in [0.2, 0.25) is 0 Å². The van der Waals surface area contributed by atoms with Crippen molar-refractivity contribution in [2.45, 2.75) is 0 Å². The first kappa shape index (κ1) is 45.0. The zero-order valence-electron chi connectivity index (χ0n) is 42.4. The van der Waals surface area contributed by atoms with Gasteiger partial charge < -0.3 is 8.98 Å². The monoisotopic (exact) mass is 993 g/mol. The summed E-state index contributed by atoms with van der Waals surface area (Å²) in [6.07, 6.45) is 0. The van der Waals surface area contributed by atoms with Crippen LogP contribution in [0.25, 0.3) is 150 Å². The highest BCUT2D eigenvalue weighted by Gasteiger charge is 2.29. The molecule has 0 bridgehead atoms. The second kappa shape index (κ2) is 18.7. The van der Waals surface area contributed by atoms with E-state index in [0.29, 0.717) is 5.82 Å². The molecule has 3 aromatic heterocycles. The van der Waals surface area contributed by atoms with E-state index >= 15 is 0 Å². The van der Waals surface area contributed by atoms with Crippen molar-refractivity contribution in [3.05, 3.63) is 285 Å². The predicted molar refractivity (Wildman–Crippen MR) is 325 cm³/mol. The number of nitrogens with zero attached hydrogens (tertiary/aromatic N) is 3. The minimum atomic E-state index is 0.694. The summed E-state index contributed by atoms with van der Waals surface area (Å²) in [6.45, 7) is 0. The fraction of sp³-hybridized carbons (Fsp3) is 0. The third kappa shape index (κ3) is 7.53. The molecular formula is C74H47N3O. The first-order valence-corrected chi connectivity index (χ1v) is 26.6. The highest BCUT2D eigenvalue weighted by molar-refractivity contribution is 6.27. The summed E-state index contributed by atoms with van der Waals surface area (Å²) in [5.74, 6) is 0.694. The van der Waals surface area contributed by atoms with Gasteiger partial charge in [-0.2, -0.15) is 0 Å². The number of para-hydroxylation sites is 3. The van der Waals surface area contributed by atoms with E-state index in [0.717, 1.165) is 122 Å². The second-order valence-corrected chi connectivity index (χ2v) is 19.9. The Morgan fingerprint density at radius 1 is 0.308 bits per heavy atom. The van der Waals surface area contributed by atoms with Crippen LogP contribution in [-0.2, 0) is 0 Å². The standard InChI is InChI=1S/C74H47N3O/c1-6-22-49(23-7-1)66-67(50-24-8-2-9-25-50)69(52-28-12-4-13-29-52)72-70(68(66)51-26-10-3-11-27-51)62-47-55(48-40-42-54(43-41-48)74-75-63-38-18-16-35-61(63)71(76-74)53-30-14-5-15-31-53)44-45-64(62)77(72)57-33-20-32-56(46-57)58-36-21-37-60-59-34-17-19-39-65(59)78-73(58)60/h1-47H. The number of rotatable bonds is 9. The Bertz CT molecular complexity index is 4740. The highest BCUT2D eigenvalue weighted by Crippen LogP contribution is 2.54. The van der Waals surface area contributed by atoms with Gasteiger partial charge in [-0.15, -0.1) is 0 Å². The first-order chi connectivity index (χ1) is 38.7. The summed E-state index contributed by atoms with van der Waals surface area (Å²) in [5, 5.41) is 5.57. The maximum absolute atomic E-state index is 6.69. The van der Waals surface area contributed by atoms with Gasteiger partial charge in [0.15, 0.2) is 5.82 Å². The first-order valence-electron chi connectivity index (χ1n) is 26.6. The van der Waals surface area contributed by atoms with Crippen molar-refractivity contribution in [2.75, 3.05) is 0 Å². The van der Waals surface area contributed by atoms with Crippen molar-refractivity contribution in [2.24, 2.45) is 0 Å². The van der Waals surface area contributed by atoms with Crippen LogP contribution >= 0.6 is 0 Å². The number of aromatic nitrogens is 3. The van der Waals surface area contributed by atoms with Crippen molar-refractivity contribution in [3.8, 4) is 95.1 Å². The van der Waals surface area contributed by atoms with E-state index in [4.69, 9.17) is 14.4 Å². The Balaban J connectivity index is 1.03. The molecular weight excluding hydrogens is 947 g/mol. The molecule has 0 atom stereocenters. The van der Waals surface area contributed by atoms with Gasteiger partial charge in [-0.05, 0) is 80.9 Å². The summed E-state index contributed by atoms with van der Waals surface area (Å²) >= 11 is 0. The van der Waals surface area contributed by atoms with Crippen molar-refractivity contribution >= 4 is 54.6 Å². The largest absolute Gasteiger partial charge is 0.455 e. The zero-order valence-corrected chi connectivity index (χ0v) is 42.4. The van der Waals surface area contributed by atoms with Gasteiger partial charge >= 0.3 is 0 Å². The number of hydrogen-bond acceptors (Lipinski definition) is 3. The lowest BCUT2D eigenvalue weighted by Gasteiger charge is -2.24. The lowest BCUT2D eigenvalue weighted by Crippen LogP contribution is -2.01. The van der Waals surface area contributed by atoms with E-state index in [1.165, 1.54) is 22.1 Å². The summed E-state index contributed by atoms with van der Waals surface area (Å²) < 4.78 is 9.21. The Morgan fingerprint density at radius 2 is 0.821 bits per heavy atom. The fourth-order valence-corrected chi connectivity index (χ4v) is 11.9. The minimum Gasteiger partial charge on any atom is -0.455 e. The van der Waals surface area contributed by atoms with Gasteiger partial charge in [0.1, 0.15) is 11.2 Å². The van der Waals surface area contributed by atoms with Gasteiger partial charge in [0, 0.05) is 66.0 Å². The molecule has 364 valence electrons. The molecule has 12 aromatic carbocycles. The van der Waals surface area contributed by atoms with Crippen molar-refractivity contribution < 1.29 is 4.42 Å². The molecule has 0 N–H and O–H groups in total. The van der Waals surface area contributed by atoms with Gasteiger partial charge in [0.25, 0.3) is 0 Å². The molecule has 0 radical (unpaired) electrons. The molecule has 3 heterocycles. The molecule has 78 heavy (non-hydrogen) atoms. The van der Waals surface area contributed by atoms with Gasteiger partial charge in [-0.3, -0.25) is 0 Å². The average molecular weight is 994 g/mol. The molecule has 15 aromatic rings. The Kier molecular flexibility index (Phi) is 10.8. The Morgan fingerprint density at radius 3 is 1.50 bits per heavy atom. The Hall–Kier alpha value is -10.4. The normalized spacial score (nSPS) is 11.6. The molecule has 0 saturated carbocycles. The summed E-state index contributed by atoms with van der Waals surface area (Å²) in [6, 6.07) is 102. The molecule has 4 heteroatoms. The van der Waals surface area contributed by atoms with Gasteiger partial charge in [-0.25, -0.2) is 9.97 Å². The number of fused-ring (bicyclic) bond motifs is 7. The molecule has 0 fully saturated rings. The van der Waals surface area contributed by atoms with E-state index in [1.54, 1.807) is 0 Å². The number of furan rings is 1. The van der Waals surface area contributed by atoms with Crippen LogP contribution in [0.15, 0.2) is 290 Å². The van der Waals surface area contributed by atoms with E-state index in [-0.39, 0.29) is 0 Å². The fourth-order valence-electron chi connectivity index (χ4n) is 11.9. The molecule has 0 amide bonds. The van der Waals surface area contributed by atoms with Gasteiger partial charge in [-0.1, -0.05) is 249 Å². The summed E-state index contributed by atoms with van der Waals surface area (Å²) in [5.41, 5.74) is 22.5. The average Bonchev–Trinajstić information content (AvgIpc) is 4.29. The van der Waals surface area contributed by atoms with Crippen LogP contribution in [0.2, 0.25) is 0 Å². The SMILES string of the molecule is c1ccc(-c2c(-c3ccccc3)c(-c3ccccc3)c3c(c2-c2ccccc2)c2cc(-c4ccc(-c5nc(-c6ccccc6)c6ccccc6n5)cc4)ccc2n3-c2cccc(-c3cccc4c3oc3ccccc34)c2)cc1. The molecule has 15 rings (SSSR count). The van der Waals surface area contributed by atoms with Crippen LogP contribution in [0.4, 0.5) is 0 Å². The van der Waals surface area contributed by atoms with Crippen molar-refractivity contribution in [1.82, 2.24) is 14.5 Å². The van der Waals surface area contributed by atoms with E-state index in [2.05, 4.69) is 271 Å². The molecule has 4 nitrogen and oxygen atoms in total. The van der Waals surface area contributed by atoms with Crippen LogP contribution in [0.5, 0.6) is 0 Å². The van der Waals surface area contributed by atoms with Gasteiger partial charge in [0.05, 0.1) is 22.2 Å². The predicted octanol–water partition coefficient (Wildman–Crippen LogP) is 20.0. The summed E-state index contributed by atoms with van der Waals surface area (Å²) in [7, 11) is 0. The van der Waals surface area contributed by atoms with Crippen LogP contribution in [0, 0.1) is 0 Å². The van der Waals surface area contributed by atoms with E-state index < -0.39 is 0 Å². The van der Waals surface area contributed by atoms with Crippen molar-refractivity contribution in [3.63, 3.8) is 0 Å². The molecule has 0 aliphatic heterocycles. The minimum absolute atomic E-state index is 0.694. The smallest absolute Gasteiger partial charge is 0.160 e. The lowest BCUT2D eigenvalue weighted by atomic mass is 9.80. The van der Waals surface area contributed by atoms with E-state index in [1.807, 2.05) is 18.2 Å². The molecule has 0 spiro atoms. The zero-order chi connectivity index (χ0) is 51.5. The van der Waals surface area contributed by atoms with Crippen LogP contribution in [0.3, 0.4) is 0 Å². The number of hydrogen-bond donors (Lipinski definition) is 0. The quantitative estimate of drug-likeness (QED) is 0.145. The topological polar surface area (TPSA) is 43.9 Å². The van der Waals surface area contributed by atoms with E-state index in [9.17, 15) is 0 Å². The molecule has 0 unspecified atom stereocenters. The molecule has 0 aliphatic rings. The molecule has 0 aliphatic carbocycles. The third-order valence-corrected chi connectivity index (χ3v) is 15.4. The maximum atomic E-state index is 6.69. The number of benzene rings is 12. The second-order valence-electron chi connectivity index (χ2n) is 19.9. The van der Waals surface area contributed by atoms with Crippen molar-refractivity contribution in [1.29, 1.82) is 0 Å². The van der Waals surface area contributed by atoms with Crippen LogP contribution < -0.4 is 0 Å². The maximum Gasteiger partial charge on any atom is 0.160 e. The Labute approximate surface area is 451 Å². The lowest BCUT2D eigenvalue weighted by molar-refractivity contribution is 0.670. The molecule has 0 saturated heterocycles. The summed E-state index contributed by atoms with van der Waals surface area (Å²) in [4.78, 5) is 10.3. The van der Waals surface area contributed by atoms with Crippen LogP contribution in [-0.4, -0.2) is 14.5 Å².